The molecule has 0 aromatic heterocycles. The summed E-state index contributed by atoms with van der Waals surface area (Å²) in [6, 6.07) is 22.9. The van der Waals surface area contributed by atoms with Gasteiger partial charge in [-0.1, -0.05) is 60.2 Å². The molecule has 0 saturated heterocycles. The third-order valence-electron chi connectivity index (χ3n) is 4.38. The third kappa shape index (κ3) is 5.78. The summed E-state index contributed by atoms with van der Waals surface area (Å²) >= 11 is 0. The molecular weight excluding hydrogens is 380 g/mol. The first kappa shape index (κ1) is 20.8. The van der Waals surface area contributed by atoms with E-state index >= 15 is 0 Å². The molecule has 3 rings (SSSR count). The maximum absolute atomic E-state index is 12.4. The van der Waals surface area contributed by atoms with E-state index in [4.69, 9.17) is 4.74 Å². The van der Waals surface area contributed by atoms with Crippen LogP contribution < -0.4 is 10.6 Å². The molecule has 2 N–H and O–H groups in total. The number of aryl methyl sites for hydroxylation is 1. The Morgan fingerprint density at radius 1 is 0.833 bits per heavy atom. The molecule has 0 spiro atoms. The van der Waals surface area contributed by atoms with Crippen molar-refractivity contribution in [1.29, 1.82) is 0 Å². The van der Waals surface area contributed by atoms with Crippen molar-refractivity contribution in [2.24, 2.45) is 0 Å². The van der Waals surface area contributed by atoms with Gasteiger partial charge < -0.3 is 15.4 Å². The minimum atomic E-state index is -0.690. The summed E-state index contributed by atoms with van der Waals surface area (Å²) in [6.45, 7) is 1.92. The SMILES string of the molecule is Cc1ccc(CNC(=O)COC(=O)c2ccccc2NC(=O)c2ccccc2)cc1. The third-order valence-corrected chi connectivity index (χ3v) is 4.38. The summed E-state index contributed by atoms with van der Waals surface area (Å²) in [6.07, 6.45) is 0. The number of nitrogens with one attached hydrogen (secondary N) is 2. The minimum Gasteiger partial charge on any atom is -0.452 e. The fourth-order valence-electron chi connectivity index (χ4n) is 2.72. The molecular formula is C24H22N2O4. The maximum Gasteiger partial charge on any atom is 0.340 e. The zero-order valence-corrected chi connectivity index (χ0v) is 16.6. The van der Waals surface area contributed by atoms with Crippen LogP contribution in [0.1, 0.15) is 31.8 Å². The molecule has 152 valence electrons. The van der Waals surface area contributed by atoms with Crippen LogP contribution in [0.2, 0.25) is 0 Å². The number of anilines is 1. The molecule has 6 heteroatoms. The minimum absolute atomic E-state index is 0.174. The lowest BCUT2D eigenvalue weighted by Gasteiger charge is -2.11. The number of ether oxygens (including phenoxy) is 1. The van der Waals surface area contributed by atoms with E-state index in [0.717, 1.165) is 11.1 Å². The van der Waals surface area contributed by atoms with Crippen LogP contribution in [-0.4, -0.2) is 24.4 Å². The first-order valence-electron chi connectivity index (χ1n) is 9.48. The summed E-state index contributed by atoms with van der Waals surface area (Å²) in [5, 5.41) is 5.41. The smallest absolute Gasteiger partial charge is 0.340 e. The second-order valence-corrected chi connectivity index (χ2v) is 6.70. The van der Waals surface area contributed by atoms with Crippen molar-refractivity contribution in [3.05, 3.63) is 101 Å². The first-order valence-corrected chi connectivity index (χ1v) is 9.48. The Kier molecular flexibility index (Phi) is 6.95. The van der Waals surface area contributed by atoms with E-state index in [9.17, 15) is 14.4 Å². The maximum atomic E-state index is 12.4. The fraction of sp³-hybridized carbons (Fsp3) is 0.125. The second-order valence-electron chi connectivity index (χ2n) is 6.70. The molecule has 0 heterocycles. The fourth-order valence-corrected chi connectivity index (χ4v) is 2.72. The average molecular weight is 402 g/mol. The lowest BCUT2D eigenvalue weighted by atomic mass is 10.1. The highest BCUT2D eigenvalue weighted by Crippen LogP contribution is 2.17. The number of amides is 2. The van der Waals surface area contributed by atoms with Gasteiger partial charge in [0.2, 0.25) is 0 Å². The molecule has 0 unspecified atom stereocenters. The Morgan fingerprint density at radius 2 is 1.50 bits per heavy atom. The van der Waals surface area contributed by atoms with Crippen LogP contribution in [0.5, 0.6) is 0 Å². The largest absolute Gasteiger partial charge is 0.452 e. The van der Waals surface area contributed by atoms with Crippen molar-refractivity contribution >= 4 is 23.5 Å². The molecule has 0 radical (unpaired) electrons. The number of benzene rings is 3. The molecule has 0 saturated carbocycles. The summed E-state index contributed by atoms with van der Waals surface area (Å²) in [4.78, 5) is 36.8. The van der Waals surface area contributed by atoms with Crippen LogP contribution in [-0.2, 0) is 16.1 Å². The van der Waals surface area contributed by atoms with E-state index in [1.165, 1.54) is 6.07 Å². The van der Waals surface area contributed by atoms with Gasteiger partial charge in [-0.15, -0.1) is 0 Å². The molecule has 30 heavy (non-hydrogen) atoms. The van der Waals surface area contributed by atoms with Crippen molar-refractivity contribution in [1.82, 2.24) is 5.32 Å². The number of esters is 1. The van der Waals surface area contributed by atoms with Gasteiger partial charge in [-0.25, -0.2) is 4.79 Å². The van der Waals surface area contributed by atoms with Gasteiger partial charge in [-0.2, -0.15) is 0 Å². The highest BCUT2D eigenvalue weighted by Gasteiger charge is 2.16. The van der Waals surface area contributed by atoms with Crippen molar-refractivity contribution in [3.8, 4) is 0 Å². The Bertz CT molecular complexity index is 1030. The molecule has 3 aromatic carbocycles. The van der Waals surface area contributed by atoms with Crippen molar-refractivity contribution in [2.45, 2.75) is 13.5 Å². The Hall–Kier alpha value is -3.93. The van der Waals surface area contributed by atoms with Gasteiger partial charge in [0.15, 0.2) is 6.61 Å². The predicted octanol–water partition coefficient (Wildman–Crippen LogP) is 3.72. The van der Waals surface area contributed by atoms with E-state index in [-0.39, 0.29) is 11.5 Å². The number of hydrogen-bond donors (Lipinski definition) is 2. The van der Waals surface area contributed by atoms with E-state index in [1.54, 1.807) is 42.5 Å². The molecule has 2 amide bonds. The van der Waals surface area contributed by atoms with Crippen molar-refractivity contribution in [3.63, 3.8) is 0 Å². The Morgan fingerprint density at radius 3 is 2.23 bits per heavy atom. The Balaban J connectivity index is 1.55. The molecule has 3 aromatic rings. The van der Waals surface area contributed by atoms with Gasteiger partial charge in [0, 0.05) is 12.1 Å². The Labute approximate surface area is 174 Å². The van der Waals surface area contributed by atoms with Gasteiger partial charge in [0.05, 0.1) is 11.3 Å². The number of hydrogen-bond acceptors (Lipinski definition) is 4. The number of carbonyl (C=O) groups is 3. The van der Waals surface area contributed by atoms with Gasteiger partial charge in [0.25, 0.3) is 11.8 Å². The van der Waals surface area contributed by atoms with E-state index in [1.807, 2.05) is 37.3 Å². The lowest BCUT2D eigenvalue weighted by molar-refractivity contribution is -0.124. The molecule has 0 aliphatic rings. The molecule has 0 aliphatic carbocycles. The quantitative estimate of drug-likeness (QED) is 0.590. The standard InChI is InChI=1S/C24H22N2O4/c1-17-11-13-18(14-12-17)15-25-22(27)16-30-24(29)20-9-5-6-10-21(20)26-23(28)19-7-3-2-4-8-19/h2-14H,15-16H2,1H3,(H,25,27)(H,26,28). The van der Waals surface area contributed by atoms with Gasteiger partial charge in [0.1, 0.15) is 0 Å². The van der Waals surface area contributed by atoms with E-state index < -0.39 is 18.5 Å². The van der Waals surface area contributed by atoms with Crippen molar-refractivity contribution < 1.29 is 19.1 Å². The topological polar surface area (TPSA) is 84.5 Å². The number of carbonyl (C=O) groups excluding carboxylic acids is 3. The molecule has 6 nitrogen and oxygen atoms in total. The molecule has 0 bridgehead atoms. The van der Waals surface area contributed by atoms with Crippen LogP contribution >= 0.6 is 0 Å². The second kappa shape index (κ2) is 10.0. The zero-order valence-electron chi connectivity index (χ0n) is 16.6. The highest BCUT2D eigenvalue weighted by molar-refractivity contribution is 6.08. The zero-order chi connectivity index (χ0) is 21.3. The van der Waals surface area contributed by atoms with Gasteiger partial charge in [-0.3, -0.25) is 9.59 Å². The van der Waals surface area contributed by atoms with E-state index in [2.05, 4.69) is 10.6 Å². The van der Waals surface area contributed by atoms with Crippen molar-refractivity contribution in [2.75, 3.05) is 11.9 Å². The van der Waals surface area contributed by atoms with Crippen LogP contribution in [0.15, 0.2) is 78.9 Å². The number of rotatable bonds is 7. The monoisotopic (exact) mass is 402 g/mol. The molecule has 0 atom stereocenters. The predicted molar refractivity (Wildman–Crippen MR) is 114 cm³/mol. The highest BCUT2D eigenvalue weighted by atomic mass is 16.5. The summed E-state index contributed by atoms with van der Waals surface area (Å²) in [5.41, 5.74) is 3.05. The summed E-state index contributed by atoms with van der Waals surface area (Å²) in [5.74, 6) is -1.44. The lowest BCUT2D eigenvalue weighted by Crippen LogP contribution is -2.28. The number of para-hydroxylation sites is 1. The van der Waals surface area contributed by atoms with Crippen LogP contribution in [0.4, 0.5) is 5.69 Å². The summed E-state index contributed by atoms with van der Waals surface area (Å²) < 4.78 is 5.12. The normalized spacial score (nSPS) is 10.2. The van der Waals surface area contributed by atoms with E-state index in [0.29, 0.717) is 17.8 Å². The first-order chi connectivity index (χ1) is 14.5. The average Bonchev–Trinajstić information content (AvgIpc) is 2.78. The van der Waals surface area contributed by atoms with Crippen LogP contribution in [0.3, 0.4) is 0 Å². The molecule has 0 fully saturated rings. The summed E-state index contributed by atoms with van der Waals surface area (Å²) in [7, 11) is 0. The van der Waals surface area contributed by atoms with Crippen LogP contribution in [0, 0.1) is 6.92 Å². The van der Waals surface area contributed by atoms with Gasteiger partial charge in [-0.05, 0) is 36.8 Å². The van der Waals surface area contributed by atoms with Gasteiger partial charge >= 0.3 is 5.97 Å². The molecule has 0 aliphatic heterocycles. The van der Waals surface area contributed by atoms with Crippen LogP contribution in [0.25, 0.3) is 0 Å².